The van der Waals surface area contributed by atoms with Crippen molar-refractivity contribution in [2.75, 3.05) is 0 Å². The number of ketones is 1. The summed E-state index contributed by atoms with van der Waals surface area (Å²) in [6, 6.07) is 8.65. The SMILES string of the molecule is C[C@]12CC[C@H]3[C@@H](CC=C4C=C(C(=O)O)CC[C@@]43C)[C@@H]1CC[C@@H]2C(=O)CC(Cc1ccccc1)C(F)(F)F. The highest BCUT2D eigenvalue weighted by Gasteiger charge is 2.60. The van der Waals surface area contributed by atoms with Gasteiger partial charge in [0.05, 0.1) is 5.92 Å². The van der Waals surface area contributed by atoms with E-state index in [1.165, 1.54) is 0 Å². The Morgan fingerprint density at radius 3 is 2.46 bits per heavy atom. The minimum atomic E-state index is -4.41. The van der Waals surface area contributed by atoms with Gasteiger partial charge in [0.1, 0.15) is 5.78 Å². The molecule has 6 heteroatoms. The highest BCUT2D eigenvalue weighted by atomic mass is 19.4. The van der Waals surface area contributed by atoms with Gasteiger partial charge >= 0.3 is 12.1 Å². The van der Waals surface area contributed by atoms with Gasteiger partial charge in [-0.2, -0.15) is 13.2 Å². The van der Waals surface area contributed by atoms with E-state index >= 15 is 0 Å². The number of alkyl halides is 3. The first-order valence-corrected chi connectivity index (χ1v) is 13.7. The van der Waals surface area contributed by atoms with Crippen LogP contribution in [0.2, 0.25) is 0 Å². The molecule has 200 valence electrons. The molecule has 4 aliphatic carbocycles. The van der Waals surface area contributed by atoms with Gasteiger partial charge in [-0.05, 0) is 97.2 Å². The Morgan fingerprint density at radius 1 is 1.05 bits per heavy atom. The molecule has 2 fully saturated rings. The summed E-state index contributed by atoms with van der Waals surface area (Å²) < 4.78 is 41.9. The number of carboxylic acids is 1. The first kappa shape index (κ1) is 26.2. The molecule has 0 bridgehead atoms. The van der Waals surface area contributed by atoms with Crippen LogP contribution in [-0.2, 0) is 16.0 Å². The van der Waals surface area contributed by atoms with Crippen LogP contribution >= 0.6 is 0 Å². The molecule has 1 aromatic carbocycles. The quantitative estimate of drug-likeness (QED) is 0.426. The minimum Gasteiger partial charge on any atom is -0.478 e. The summed E-state index contributed by atoms with van der Waals surface area (Å²) in [5.74, 6) is -1.90. The van der Waals surface area contributed by atoms with Crippen LogP contribution in [0.25, 0.3) is 0 Å². The third kappa shape index (κ3) is 4.59. The van der Waals surface area contributed by atoms with Crippen molar-refractivity contribution in [3.63, 3.8) is 0 Å². The second-order valence-corrected chi connectivity index (χ2v) is 12.4. The molecule has 1 aromatic rings. The van der Waals surface area contributed by atoms with Crippen LogP contribution in [0.5, 0.6) is 0 Å². The van der Waals surface area contributed by atoms with E-state index < -0.39 is 24.5 Å². The van der Waals surface area contributed by atoms with Gasteiger partial charge in [0.15, 0.2) is 0 Å². The molecular formula is C31H37F3O3. The first-order valence-electron chi connectivity index (χ1n) is 13.7. The lowest BCUT2D eigenvalue weighted by atomic mass is 9.47. The molecule has 7 atom stereocenters. The predicted molar refractivity (Wildman–Crippen MR) is 136 cm³/mol. The Hall–Kier alpha value is -2.37. The molecule has 2 saturated carbocycles. The van der Waals surface area contributed by atoms with E-state index in [0.717, 1.165) is 37.7 Å². The van der Waals surface area contributed by atoms with Crippen LogP contribution in [0.1, 0.15) is 70.8 Å². The van der Waals surface area contributed by atoms with Crippen molar-refractivity contribution in [1.29, 1.82) is 0 Å². The predicted octanol–water partition coefficient (Wildman–Crippen LogP) is 7.57. The molecule has 0 heterocycles. The summed E-state index contributed by atoms with van der Waals surface area (Å²) in [5.41, 5.74) is 1.89. The molecule has 4 aliphatic rings. The number of Topliss-reactive ketones (excluding diaryl/α,β-unsaturated/α-hetero) is 1. The zero-order valence-corrected chi connectivity index (χ0v) is 21.7. The van der Waals surface area contributed by atoms with E-state index in [9.17, 15) is 27.9 Å². The highest BCUT2D eigenvalue weighted by molar-refractivity contribution is 5.87. The van der Waals surface area contributed by atoms with Crippen molar-refractivity contribution >= 4 is 11.8 Å². The molecule has 5 rings (SSSR count). The summed E-state index contributed by atoms with van der Waals surface area (Å²) in [6.45, 7) is 4.43. The van der Waals surface area contributed by atoms with Gasteiger partial charge in [-0.25, -0.2) is 4.79 Å². The van der Waals surface area contributed by atoms with Crippen molar-refractivity contribution in [2.45, 2.75) is 77.8 Å². The maximum atomic E-state index is 14.0. The van der Waals surface area contributed by atoms with Gasteiger partial charge < -0.3 is 5.11 Å². The zero-order chi connectivity index (χ0) is 26.6. The lowest BCUT2D eigenvalue weighted by Crippen LogP contribution is -2.50. The van der Waals surface area contributed by atoms with Gasteiger partial charge in [-0.15, -0.1) is 0 Å². The number of carbonyl (C=O) groups is 2. The standard InChI is InChI=1S/C31H37F3O3/c1-29-14-12-20(28(36)37)17-21(29)8-9-23-24-10-11-26(30(24,2)15-13-25(23)29)27(35)18-22(31(32,33)34)16-19-6-4-3-5-7-19/h3-8,17,22-26H,9-16,18H2,1-2H3,(H,36,37)/t22?,23-,24-,25-,26+,29-,30-/m0/s1. The monoisotopic (exact) mass is 514 g/mol. The Bertz CT molecular complexity index is 1120. The summed E-state index contributed by atoms with van der Waals surface area (Å²) in [5, 5.41) is 9.48. The smallest absolute Gasteiger partial charge is 0.392 e. The van der Waals surface area contributed by atoms with Crippen LogP contribution in [0, 0.1) is 40.4 Å². The Kier molecular flexibility index (Phi) is 6.69. The average Bonchev–Trinajstić information content (AvgIpc) is 3.20. The maximum Gasteiger partial charge on any atom is 0.392 e. The molecule has 0 aromatic heterocycles. The fraction of sp³-hybridized carbons (Fsp3) is 0.613. The summed E-state index contributed by atoms with van der Waals surface area (Å²) in [6.07, 6.45) is 4.67. The van der Waals surface area contributed by atoms with Crippen molar-refractivity contribution in [1.82, 2.24) is 0 Å². The number of halogens is 3. The van der Waals surface area contributed by atoms with E-state index in [4.69, 9.17) is 0 Å². The molecule has 3 nitrogen and oxygen atoms in total. The highest BCUT2D eigenvalue weighted by Crippen LogP contribution is 2.66. The van der Waals surface area contributed by atoms with Gasteiger partial charge in [0.25, 0.3) is 0 Å². The van der Waals surface area contributed by atoms with Gasteiger partial charge in [-0.1, -0.05) is 50.3 Å². The van der Waals surface area contributed by atoms with E-state index in [0.29, 0.717) is 41.7 Å². The van der Waals surface area contributed by atoms with E-state index in [2.05, 4.69) is 19.9 Å². The Balaban J connectivity index is 1.34. The van der Waals surface area contributed by atoms with Gasteiger partial charge in [-0.3, -0.25) is 4.79 Å². The van der Waals surface area contributed by atoms with E-state index in [-0.39, 0.29) is 29.0 Å². The third-order valence-corrected chi connectivity index (χ3v) is 10.7. The number of allylic oxidation sites excluding steroid dienone is 3. The number of fused-ring (bicyclic) bond motifs is 5. The number of hydrogen-bond donors (Lipinski definition) is 1. The van der Waals surface area contributed by atoms with Gasteiger partial charge in [0.2, 0.25) is 0 Å². The van der Waals surface area contributed by atoms with Crippen LogP contribution in [-0.4, -0.2) is 23.0 Å². The molecule has 0 radical (unpaired) electrons. The van der Waals surface area contributed by atoms with Gasteiger partial charge in [0, 0.05) is 17.9 Å². The number of carboxylic acid groups (broad SMARTS) is 1. The van der Waals surface area contributed by atoms with Crippen molar-refractivity contribution in [2.24, 2.45) is 40.4 Å². The topological polar surface area (TPSA) is 54.4 Å². The number of hydrogen-bond acceptors (Lipinski definition) is 2. The first-order chi connectivity index (χ1) is 17.4. The number of benzene rings is 1. The van der Waals surface area contributed by atoms with Crippen molar-refractivity contribution in [3.05, 3.63) is 59.2 Å². The molecule has 0 saturated heterocycles. The molecule has 0 spiro atoms. The molecule has 0 aliphatic heterocycles. The maximum absolute atomic E-state index is 14.0. The summed E-state index contributed by atoms with van der Waals surface area (Å²) in [4.78, 5) is 25.1. The zero-order valence-electron chi connectivity index (χ0n) is 21.7. The van der Waals surface area contributed by atoms with Crippen LogP contribution in [0.4, 0.5) is 13.2 Å². The average molecular weight is 515 g/mol. The Labute approximate surface area is 217 Å². The van der Waals surface area contributed by atoms with Crippen LogP contribution in [0.3, 0.4) is 0 Å². The van der Waals surface area contributed by atoms with Crippen molar-refractivity contribution < 1.29 is 27.9 Å². The second kappa shape index (κ2) is 9.43. The number of carbonyl (C=O) groups excluding carboxylic acids is 1. The number of rotatable bonds is 6. The summed E-state index contributed by atoms with van der Waals surface area (Å²) in [7, 11) is 0. The normalized spacial score (nSPS) is 35.9. The lowest BCUT2D eigenvalue weighted by molar-refractivity contribution is -0.180. The summed E-state index contributed by atoms with van der Waals surface area (Å²) >= 11 is 0. The largest absolute Gasteiger partial charge is 0.478 e. The molecular weight excluding hydrogens is 477 g/mol. The van der Waals surface area contributed by atoms with Crippen LogP contribution in [0.15, 0.2) is 53.6 Å². The molecule has 1 N–H and O–H groups in total. The fourth-order valence-electron chi connectivity index (χ4n) is 8.61. The fourth-order valence-corrected chi connectivity index (χ4v) is 8.61. The minimum absolute atomic E-state index is 0.0671. The second-order valence-electron chi connectivity index (χ2n) is 12.4. The number of aliphatic carboxylic acids is 1. The van der Waals surface area contributed by atoms with E-state index in [1.54, 1.807) is 30.3 Å². The molecule has 1 unspecified atom stereocenters. The Morgan fingerprint density at radius 2 is 1.78 bits per heavy atom. The molecule has 0 amide bonds. The lowest BCUT2D eigenvalue weighted by Gasteiger charge is -2.57. The van der Waals surface area contributed by atoms with Crippen LogP contribution < -0.4 is 0 Å². The van der Waals surface area contributed by atoms with Crippen molar-refractivity contribution in [3.8, 4) is 0 Å². The third-order valence-electron chi connectivity index (χ3n) is 10.7. The van der Waals surface area contributed by atoms with E-state index in [1.807, 2.05) is 6.08 Å². The molecule has 37 heavy (non-hydrogen) atoms.